The summed E-state index contributed by atoms with van der Waals surface area (Å²) in [7, 11) is 0. The minimum Gasteiger partial charge on any atom is -0.386 e. The Kier molecular flexibility index (Phi) is 4.36. The van der Waals surface area contributed by atoms with Gasteiger partial charge in [0.05, 0.1) is 18.8 Å². The highest BCUT2D eigenvalue weighted by molar-refractivity contribution is 5.13. The molecule has 0 saturated heterocycles. The lowest BCUT2D eigenvalue weighted by atomic mass is 10.2. The van der Waals surface area contributed by atoms with Gasteiger partial charge in [0.25, 0.3) is 0 Å². The summed E-state index contributed by atoms with van der Waals surface area (Å²) in [6, 6.07) is 9.88. The van der Waals surface area contributed by atoms with Crippen LogP contribution in [0, 0.1) is 0 Å². The van der Waals surface area contributed by atoms with E-state index in [2.05, 4.69) is 6.58 Å². The first-order valence-electron chi connectivity index (χ1n) is 4.70. The van der Waals surface area contributed by atoms with E-state index >= 15 is 0 Å². The van der Waals surface area contributed by atoms with E-state index in [1.165, 1.54) is 6.08 Å². The second-order valence-electron chi connectivity index (χ2n) is 3.23. The molecule has 0 aromatic heterocycles. The predicted molar refractivity (Wildman–Crippen MR) is 56.9 cm³/mol. The van der Waals surface area contributed by atoms with Crippen LogP contribution < -0.4 is 0 Å². The third kappa shape index (κ3) is 3.32. The quantitative estimate of drug-likeness (QED) is 0.724. The van der Waals surface area contributed by atoms with E-state index < -0.39 is 6.10 Å². The molecule has 0 bridgehead atoms. The number of rotatable bonds is 5. The van der Waals surface area contributed by atoms with Gasteiger partial charge in [0.2, 0.25) is 0 Å². The van der Waals surface area contributed by atoms with E-state index in [0.717, 1.165) is 5.56 Å². The van der Waals surface area contributed by atoms with Gasteiger partial charge < -0.3 is 9.84 Å². The fourth-order valence-electron chi connectivity index (χ4n) is 1.09. The van der Waals surface area contributed by atoms with Crippen LogP contribution in [0.25, 0.3) is 0 Å². The van der Waals surface area contributed by atoms with Gasteiger partial charge in [-0.1, -0.05) is 36.4 Å². The molecule has 1 rings (SSSR count). The third-order valence-electron chi connectivity index (χ3n) is 2.08. The Balaban J connectivity index is 2.37. The van der Waals surface area contributed by atoms with E-state index in [1.807, 2.05) is 37.3 Å². The van der Waals surface area contributed by atoms with Crippen LogP contribution in [0.4, 0.5) is 0 Å². The molecular formula is C12H16O2. The van der Waals surface area contributed by atoms with Crippen molar-refractivity contribution in [3.05, 3.63) is 48.6 Å². The second kappa shape index (κ2) is 5.58. The Labute approximate surface area is 84.8 Å². The van der Waals surface area contributed by atoms with Gasteiger partial charge in [-0.05, 0) is 12.5 Å². The maximum Gasteiger partial charge on any atom is 0.0977 e. The number of hydrogen-bond acceptors (Lipinski definition) is 2. The first kappa shape index (κ1) is 11.0. The van der Waals surface area contributed by atoms with Gasteiger partial charge in [-0.2, -0.15) is 0 Å². The lowest BCUT2D eigenvalue weighted by Crippen LogP contribution is -2.23. The van der Waals surface area contributed by atoms with Gasteiger partial charge in [0, 0.05) is 0 Å². The molecule has 0 saturated carbocycles. The van der Waals surface area contributed by atoms with Crippen molar-refractivity contribution in [3.8, 4) is 0 Å². The molecule has 1 aromatic rings. The number of ether oxygens (including phenoxy) is 1. The molecule has 76 valence electrons. The first-order valence-corrected chi connectivity index (χ1v) is 4.70. The SMILES string of the molecule is C=C[C@H](O)[C@H](C)OCc1ccccc1. The molecule has 0 amide bonds. The van der Waals surface area contributed by atoms with Gasteiger partial charge in [-0.25, -0.2) is 0 Å². The lowest BCUT2D eigenvalue weighted by Gasteiger charge is -2.16. The Bertz CT molecular complexity index is 269. The summed E-state index contributed by atoms with van der Waals surface area (Å²) in [6.07, 6.45) is 0.668. The van der Waals surface area contributed by atoms with Crippen LogP contribution in [0.2, 0.25) is 0 Å². The maximum atomic E-state index is 9.36. The second-order valence-corrected chi connectivity index (χ2v) is 3.23. The Morgan fingerprint density at radius 3 is 2.64 bits per heavy atom. The summed E-state index contributed by atoms with van der Waals surface area (Å²) >= 11 is 0. The van der Waals surface area contributed by atoms with Gasteiger partial charge >= 0.3 is 0 Å². The highest BCUT2D eigenvalue weighted by atomic mass is 16.5. The number of aliphatic hydroxyl groups excluding tert-OH is 1. The average molecular weight is 192 g/mol. The summed E-state index contributed by atoms with van der Waals surface area (Å²) in [5.74, 6) is 0. The molecule has 1 aromatic carbocycles. The van der Waals surface area contributed by atoms with Crippen molar-refractivity contribution in [2.45, 2.75) is 25.7 Å². The van der Waals surface area contributed by atoms with Gasteiger partial charge in [0.1, 0.15) is 0 Å². The van der Waals surface area contributed by atoms with Crippen molar-refractivity contribution >= 4 is 0 Å². The van der Waals surface area contributed by atoms with Gasteiger partial charge in [-0.3, -0.25) is 0 Å². The Hall–Kier alpha value is -1.12. The molecule has 0 heterocycles. The van der Waals surface area contributed by atoms with E-state index in [1.54, 1.807) is 0 Å². The summed E-state index contributed by atoms with van der Waals surface area (Å²) in [5.41, 5.74) is 1.11. The molecule has 0 spiro atoms. The minimum atomic E-state index is -0.598. The molecule has 0 radical (unpaired) electrons. The summed E-state index contributed by atoms with van der Waals surface area (Å²) in [6.45, 7) is 5.86. The van der Waals surface area contributed by atoms with Crippen molar-refractivity contribution in [2.24, 2.45) is 0 Å². The van der Waals surface area contributed by atoms with Crippen LogP contribution in [-0.4, -0.2) is 17.3 Å². The fraction of sp³-hybridized carbons (Fsp3) is 0.333. The molecule has 1 N–H and O–H groups in total. The molecule has 0 aliphatic rings. The third-order valence-corrected chi connectivity index (χ3v) is 2.08. The number of benzene rings is 1. The van der Waals surface area contributed by atoms with Crippen LogP contribution in [0.15, 0.2) is 43.0 Å². The van der Waals surface area contributed by atoms with Crippen molar-refractivity contribution < 1.29 is 9.84 Å². The molecule has 0 aliphatic heterocycles. The zero-order valence-electron chi connectivity index (χ0n) is 8.39. The topological polar surface area (TPSA) is 29.5 Å². The van der Waals surface area contributed by atoms with Crippen LogP contribution in [0.3, 0.4) is 0 Å². The largest absolute Gasteiger partial charge is 0.386 e. The average Bonchev–Trinajstić information content (AvgIpc) is 2.26. The summed E-state index contributed by atoms with van der Waals surface area (Å²) < 4.78 is 5.46. The standard InChI is InChI=1S/C12H16O2/c1-3-12(13)10(2)14-9-11-7-5-4-6-8-11/h3-8,10,12-13H,1,9H2,2H3/t10-,12-/m0/s1. The smallest absolute Gasteiger partial charge is 0.0977 e. The molecular weight excluding hydrogens is 176 g/mol. The molecule has 2 atom stereocenters. The molecule has 14 heavy (non-hydrogen) atoms. The number of aliphatic hydroxyl groups is 1. The summed E-state index contributed by atoms with van der Waals surface area (Å²) in [5, 5.41) is 9.36. The normalized spacial score (nSPS) is 14.7. The zero-order chi connectivity index (χ0) is 10.4. The lowest BCUT2D eigenvalue weighted by molar-refractivity contribution is -0.0151. The van der Waals surface area contributed by atoms with Crippen LogP contribution in [0.1, 0.15) is 12.5 Å². The molecule has 0 aliphatic carbocycles. The predicted octanol–water partition coefficient (Wildman–Crippen LogP) is 2.14. The van der Waals surface area contributed by atoms with E-state index in [9.17, 15) is 5.11 Å². The highest BCUT2D eigenvalue weighted by Crippen LogP contribution is 2.06. The Morgan fingerprint density at radius 1 is 1.43 bits per heavy atom. The van der Waals surface area contributed by atoms with Crippen LogP contribution in [-0.2, 0) is 11.3 Å². The fourth-order valence-corrected chi connectivity index (χ4v) is 1.09. The van der Waals surface area contributed by atoms with Crippen molar-refractivity contribution in [1.29, 1.82) is 0 Å². The number of hydrogen-bond donors (Lipinski definition) is 1. The van der Waals surface area contributed by atoms with E-state index in [4.69, 9.17) is 4.74 Å². The minimum absolute atomic E-state index is 0.215. The van der Waals surface area contributed by atoms with Gasteiger partial charge in [0.15, 0.2) is 0 Å². The first-order chi connectivity index (χ1) is 6.74. The highest BCUT2D eigenvalue weighted by Gasteiger charge is 2.10. The van der Waals surface area contributed by atoms with E-state index in [-0.39, 0.29) is 6.10 Å². The van der Waals surface area contributed by atoms with Crippen molar-refractivity contribution in [2.75, 3.05) is 0 Å². The van der Waals surface area contributed by atoms with E-state index in [0.29, 0.717) is 6.61 Å². The molecule has 2 nitrogen and oxygen atoms in total. The Morgan fingerprint density at radius 2 is 2.07 bits per heavy atom. The maximum absolute atomic E-state index is 9.36. The van der Waals surface area contributed by atoms with Crippen molar-refractivity contribution in [3.63, 3.8) is 0 Å². The summed E-state index contributed by atoms with van der Waals surface area (Å²) in [4.78, 5) is 0. The van der Waals surface area contributed by atoms with Crippen LogP contribution >= 0.6 is 0 Å². The molecule has 2 heteroatoms. The molecule has 0 unspecified atom stereocenters. The zero-order valence-corrected chi connectivity index (χ0v) is 8.39. The van der Waals surface area contributed by atoms with Gasteiger partial charge in [-0.15, -0.1) is 6.58 Å². The monoisotopic (exact) mass is 192 g/mol. The molecule has 0 fully saturated rings. The van der Waals surface area contributed by atoms with Crippen molar-refractivity contribution in [1.82, 2.24) is 0 Å². The van der Waals surface area contributed by atoms with Crippen LogP contribution in [0.5, 0.6) is 0 Å².